The zero-order valence-electron chi connectivity index (χ0n) is 15.9. The summed E-state index contributed by atoms with van der Waals surface area (Å²) in [6.45, 7) is 1.42. The largest absolute Gasteiger partial charge is 0.353 e. The van der Waals surface area contributed by atoms with Crippen molar-refractivity contribution >= 4 is 21.8 Å². The fourth-order valence-electron chi connectivity index (χ4n) is 3.53. The molecule has 152 valence electrons. The Kier molecular flexibility index (Phi) is 5.42. The smallest absolute Gasteiger partial charge is 0.253 e. The zero-order valence-corrected chi connectivity index (χ0v) is 16.7. The van der Waals surface area contributed by atoms with Gasteiger partial charge in [-0.15, -0.1) is 0 Å². The van der Waals surface area contributed by atoms with Gasteiger partial charge in [0.2, 0.25) is 15.9 Å². The molecule has 1 atom stereocenters. The van der Waals surface area contributed by atoms with E-state index in [1.807, 2.05) is 0 Å². The average Bonchev–Trinajstić information content (AvgIpc) is 3.61. The van der Waals surface area contributed by atoms with Gasteiger partial charge in [-0.05, 0) is 62.6 Å². The monoisotopic (exact) mass is 405 g/mol. The van der Waals surface area contributed by atoms with Crippen molar-refractivity contribution in [1.82, 2.24) is 14.9 Å². The number of sulfonamides is 1. The van der Waals surface area contributed by atoms with Crippen molar-refractivity contribution in [3.63, 3.8) is 0 Å². The fourth-order valence-corrected chi connectivity index (χ4v) is 4.70. The van der Waals surface area contributed by atoms with Crippen molar-refractivity contribution in [3.8, 4) is 0 Å². The Labute approximate surface area is 165 Å². The van der Waals surface area contributed by atoms with Crippen molar-refractivity contribution in [2.75, 3.05) is 19.6 Å². The molecule has 0 radical (unpaired) electrons. The summed E-state index contributed by atoms with van der Waals surface area (Å²) < 4.78 is 27.6. The lowest BCUT2D eigenvalue weighted by Crippen LogP contribution is -2.45. The molecule has 0 aromatic heterocycles. The first kappa shape index (κ1) is 19.4. The van der Waals surface area contributed by atoms with Gasteiger partial charge in [0.05, 0.1) is 10.8 Å². The van der Waals surface area contributed by atoms with Gasteiger partial charge in [-0.25, -0.2) is 13.1 Å². The van der Waals surface area contributed by atoms with E-state index in [0.29, 0.717) is 37.2 Å². The van der Waals surface area contributed by atoms with Crippen LogP contribution in [0.3, 0.4) is 0 Å². The number of hydrogen-bond donors (Lipinski definition) is 2. The Bertz CT molecular complexity index is 862. The van der Waals surface area contributed by atoms with E-state index in [-0.39, 0.29) is 22.6 Å². The summed E-state index contributed by atoms with van der Waals surface area (Å²) in [5.41, 5.74) is 0.345. The van der Waals surface area contributed by atoms with Crippen molar-refractivity contribution in [3.05, 3.63) is 29.8 Å². The second kappa shape index (κ2) is 7.83. The Hall–Kier alpha value is -1.93. The number of likely N-dealkylation sites (tertiary alicyclic amines) is 1. The van der Waals surface area contributed by atoms with Crippen LogP contribution in [0.5, 0.6) is 0 Å². The van der Waals surface area contributed by atoms with E-state index in [9.17, 15) is 18.0 Å². The normalized spacial score (nSPS) is 22.7. The van der Waals surface area contributed by atoms with E-state index in [1.54, 1.807) is 17.0 Å². The van der Waals surface area contributed by atoms with Gasteiger partial charge in [-0.2, -0.15) is 0 Å². The molecule has 2 N–H and O–H groups in total. The summed E-state index contributed by atoms with van der Waals surface area (Å²) in [6.07, 6.45) is 5.75. The number of benzene rings is 1. The number of rotatable bonds is 7. The minimum absolute atomic E-state index is 0.0283. The summed E-state index contributed by atoms with van der Waals surface area (Å²) in [6, 6.07) is 6.49. The Morgan fingerprint density at radius 1 is 1.11 bits per heavy atom. The van der Waals surface area contributed by atoms with E-state index in [2.05, 4.69) is 10.0 Å². The molecule has 1 saturated heterocycles. The molecule has 4 rings (SSSR count). The van der Waals surface area contributed by atoms with Crippen LogP contribution >= 0.6 is 0 Å². The molecule has 28 heavy (non-hydrogen) atoms. The van der Waals surface area contributed by atoms with Gasteiger partial charge < -0.3 is 10.2 Å². The van der Waals surface area contributed by atoms with Gasteiger partial charge in [0.15, 0.2) is 0 Å². The van der Waals surface area contributed by atoms with E-state index in [4.69, 9.17) is 0 Å². The molecule has 7 nitrogen and oxygen atoms in total. The number of nitrogens with one attached hydrogen (secondary N) is 2. The van der Waals surface area contributed by atoms with Crippen LogP contribution in [0.15, 0.2) is 29.2 Å². The standard InChI is InChI=1S/C20H27N3O4S/c24-19(22-17-8-9-17)16-4-2-10-23(13-16)20(25)15-3-1-5-18(11-15)28(26,27)21-12-14-6-7-14/h1,3,5,11,14,16-17,21H,2,4,6-10,12-13H2,(H,22,24). The summed E-state index contributed by atoms with van der Waals surface area (Å²) in [4.78, 5) is 27.1. The zero-order chi connectivity index (χ0) is 19.7. The van der Waals surface area contributed by atoms with E-state index < -0.39 is 10.0 Å². The third kappa shape index (κ3) is 4.72. The van der Waals surface area contributed by atoms with Crippen molar-refractivity contribution in [2.45, 2.75) is 49.5 Å². The second-order valence-electron chi connectivity index (χ2n) is 8.20. The van der Waals surface area contributed by atoms with Crippen LogP contribution in [0.4, 0.5) is 0 Å². The average molecular weight is 406 g/mol. The van der Waals surface area contributed by atoms with Gasteiger partial charge in [0, 0.05) is 31.2 Å². The van der Waals surface area contributed by atoms with Gasteiger partial charge in [0.1, 0.15) is 0 Å². The Balaban J connectivity index is 1.42. The predicted octanol–water partition coefficient (Wildman–Crippen LogP) is 1.51. The molecule has 3 aliphatic rings. The number of amides is 2. The molecule has 2 saturated carbocycles. The van der Waals surface area contributed by atoms with Gasteiger partial charge >= 0.3 is 0 Å². The fraction of sp³-hybridized carbons (Fsp3) is 0.600. The van der Waals surface area contributed by atoms with Crippen LogP contribution in [0.1, 0.15) is 48.9 Å². The molecule has 0 bridgehead atoms. The lowest BCUT2D eigenvalue weighted by atomic mass is 9.96. The predicted molar refractivity (Wildman–Crippen MR) is 104 cm³/mol. The highest BCUT2D eigenvalue weighted by Crippen LogP contribution is 2.28. The molecule has 1 heterocycles. The van der Waals surface area contributed by atoms with Crippen LogP contribution in [0, 0.1) is 11.8 Å². The lowest BCUT2D eigenvalue weighted by molar-refractivity contribution is -0.126. The van der Waals surface area contributed by atoms with Crippen molar-refractivity contribution < 1.29 is 18.0 Å². The molecule has 2 amide bonds. The lowest BCUT2D eigenvalue weighted by Gasteiger charge is -2.32. The first-order valence-corrected chi connectivity index (χ1v) is 11.6. The maximum atomic E-state index is 12.9. The molecule has 1 unspecified atom stereocenters. The molecule has 8 heteroatoms. The minimum atomic E-state index is -3.62. The number of carbonyl (C=O) groups excluding carboxylic acids is 2. The number of carbonyl (C=O) groups is 2. The van der Waals surface area contributed by atoms with Crippen LogP contribution < -0.4 is 10.0 Å². The van der Waals surface area contributed by atoms with Crippen LogP contribution in [-0.2, 0) is 14.8 Å². The Morgan fingerprint density at radius 3 is 2.61 bits per heavy atom. The van der Waals surface area contributed by atoms with Crippen LogP contribution in [0.2, 0.25) is 0 Å². The third-order valence-electron chi connectivity index (χ3n) is 5.65. The summed E-state index contributed by atoms with van der Waals surface area (Å²) in [7, 11) is -3.62. The molecular formula is C20H27N3O4S. The van der Waals surface area contributed by atoms with Crippen LogP contribution in [0.25, 0.3) is 0 Å². The van der Waals surface area contributed by atoms with Gasteiger partial charge in [0.25, 0.3) is 5.91 Å². The van der Waals surface area contributed by atoms with Crippen LogP contribution in [-0.4, -0.2) is 50.8 Å². The molecule has 1 aliphatic heterocycles. The number of nitrogens with zero attached hydrogens (tertiary/aromatic N) is 1. The van der Waals surface area contributed by atoms with E-state index >= 15 is 0 Å². The van der Waals surface area contributed by atoms with Gasteiger partial charge in [-0.3, -0.25) is 9.59 Å². The number of piperidine rings is 1. The van der Waals surface area contributed by atoms with Crippen molar-refractivity contribution in [1.29, 1.82) is 0 Å². The second-order valence-corrected chi connectivity index (χ2v) is 9.96. The minimum Gasteiger partial charge on any atom is -0.353 e. The summed E-state index contributed by atoms with van der Waals surface area (Å²) >= 11 is 0. The van der Waals surface area contributed by atoms with Gasteiger partial charge in [-0.1, -0.05) is 6.07 Å². The first-order chi connectivity index (χ1) is 13.4. The maximum absolute atomic E-state index is 12.9. The highest BCUT2D eigenvalue weighted by molar-refractivity contribution is 7.89. The molecule has 3 fully saturated rings. The quantitative estimate of drug-likeness (QED) is 0.719. The highest BCUT2D eigenvalue weighted by atomic mass is 32.2. The number of hydrogen-bond acceptors (Lipinski definition) is 4. The van der Waals surface area contributed by atoms with E-state index in [1.165, 1.54) is 12.1 Å². The molecule has 2 aliphatic carbocycles. The molecule has 1 aromatic rings. The summed E-state index contributed by atoms with van der Waals surface area (Å²) in [5, 5.41) is 3.02. The SMILES string of the molecule is O=C(NC1CC1)C1CCCN(C(=O)c2cccc(S(=O)(=O)NCC3CC3)c2)C1. The molecule has 0 spiro atoms. The third-order valence-corrected chi connectivity index (χ3v) is 7.07. The summed E-state index contributed by atoms with van der Waals surface area (Å²) in [5.74, 6) is 0.0563. The molecule has 1 aromatic carbocycles. The topological polar surface area (TPSA) is 95.6 Å². The highest BCUT2D eigenvalue weighted by Gasteiger charge is 2.32. The van der Waals surface area contributed by atoms with Crippen molar-refractivity contribution in [2.24, 2.45) is 11.8 Å². The Morgan fingerprint density at radius 2 is 1.89 bits per heavy atom. The molecular weight excluding hydrogens is 378 g/mol. The first-order valence-electron chi connectivity index (χ1n) is 10.1. The maximum Gasteiger partial charge on any atom is 0.253 e. The van der Waals surface area contributed by atoms with E-state index in [0.717, 1.165) is 38.5 Å².